The number of benzene rings is 1. The minimum Gasteiger partial charge on any atom is -0.505 e. The number of halogens is 3. The molecule has 2 amide bonds. The Bertz CT molecular complexity index is 1510. The molecule has 0 spiro atoms. The molecule has 206 valence electrons. The maximum Gasteiger partial charge on any atom is 0.449 e. The number of hydrogen-bond donors (Lipinski definition) is 3. The predicted octanol–water partition coefficient (Wildman–Crippen LogP) is 3.35. The van der Waals surface area contributed by atoms with Crippen molar-refractivity contribution in [1.82, 2.24) is 9.80 Å². The summed E-state index contributed by atoms with van der Waals surface area (Å²) in [6, 6.07) is 5.37. The summed E-state index contributed by atoms with van der Waals surface area (Å²) in [5.41, 5.74) is -2.16. The summed E-state index contributed by atoms with van der Waals surface area (Å²) < 4.78 is 43.7. The molecule has 2 aliphatic rings. The number of aromatic hydroxyl groups is 1. The summed E-state index contributed by atoms with van der Waals surface area (Å²) >= 11 is 0. The third kappa shape index (κ3) is 4.72. The van der Waals surface area contributed by atoms with Gasteiger partial charge in [-0.15, -0.1) is 0 Å². The van der Waals surface area contributed by atoms with E-state index in [0.29, 0.717) is 32.5 Å². The number of fused-ring (bicyclic) bond motifs is 1. The Labute approximate surface area is 219 Å². The van der Waals surface area contributed by atoms with Crippen molar-refractivity contribution in [2.24, 2.45) is 0 Å². The largest absolute Gasteiger partial charge is 0.505 e. The van der Waals surface area contributed by atoms with Gasteiger partial charge in [0.25, 0.3) is 16.8 Å². The van der Waals surface area contributed by atoms with Crippen LogP contribution in [0.3, 0.4) is 0 Å². The summed E-state index contributed by atoms with van der Waals surface area (Å²) in [6.45, 7) is 2.72. The molecule has 0 saturated carbocycles. The third-order valence-electron chi connectivity index (χ3n) is 7.19. The molecular formula is C26H25F3N4O6. The highest BCUT2D eigenvalue weighted by Crippen LogP contribution is 2.36. The molecule has 1 aromatic heterocycles. The van der Waals surface area contributed by atoms with Crippen molar-refractivity contribution in [2.45, 2.75) is 44.4 Å². The number of hydrogen-bond acceptors (Lipinski definition) is 8. The van der Waals surface area contributed by atoms with Gasteiger partial charge in [0.1, 0.15) is 17.1 Å². The number of amides is 2. The lowest BCUT2D eigenvalue weighted by molar-refractivity contribution is -0.153. The molecule has 2 saturated heterocycles. The Hall–Kier alpha value is -4.29. The molecule has 0 aliphatic carbocycles. The highest BCUT2D eigenvalue weighted by Gasteiger charge is 2.38. The fourth-order valence-electron chi connectivity index (χ4n) is 5.06. The van der Waals surface area contributed by atoms with Crippen molar-refractivity contribution >= 4 is 28.9 Å². The number of piperazine rings is 1. The molecule has 39 heavy (non-hydrogen) atoms. The van der Waals surface area contributed by atoms with Crippen molar-refractivity contribution in [2.75, 3.05) is 30.3 Å². The quantitative estimate of drug-likeness (QED) is 0.304. The van der Waals surface area contributed by atoms with Crippen LogP contribution in [0.4, 0.5) is 30.2 Å². The topological polar surface area (TPSA) is 132 Å². The Morgan fingerprint density at radius 1 is 1.13 bits per heavy atom. The van der Waals surface area contributed by atoms with Crippen molar-refractivity contribution in [3.05, 3.63) is 67.9 Å². The minimum absolute atomic E-state index is 0.00363. The second kappa shape index (κ2) is 9.79. The number of para-hydroxylation sites is 1. The van der Waals surface area contributed by atoms with Crippen LogP contribution in [-0.4, -0.2) is 52.4 Å². The van der Waals surface area contributed by atoms with Gasteiger partial charge in [-0.1, -0.05) is 13.0 Å². The van der Waals surface area contributed by atoms with Gasteiger partial charge in [-0.3, -0.25) is 19.2 Å². The second-order valence-electron chi connectivity index (χ2n) is 9.57. The number of nitrogens with zero attached hydrogens (tertiary/aromatic N) is 2. The summed E-state index contributed by atoms with van der Waals surface area (Å²) in [5.74, 6) is -2.06. The van der Waals surface area contributed by atoms with Crippen LogP contribution in [0.2, 0.25) is 0 Å². The van der Waals surface area contributed by atoms with Crippen LogP contribution >= 0.6 is 0 Å². The first kappa shape index (κ1) is 26.3. The molecule has 5 rings (SSSR count). The van der Waals surface area contributed by atoms with Gasteiger partial charge in [0, 0.05) is 32.1 Å². The molecule has 2 atom stereocenters. The molecule has 2 aromatic carbocycles. The van der Waals surface area contributed by atoms with Crippen molar-refractivity contribution in [3.8, 4) is 5.75 Å². The van der Waals surface area contributed by atoms with E-state index >= 15 is 0 Å². The molecule has 3 heterocycles. The van der Waals surface area contributed by atoms with E-state index in [1.165, 1.54) is 18.2 Å². The van der Waals surface area contributed by atoms with Crippen LogP contribution in [0.5, 0.6) is 5.75 Å². The van der Waals surface area contributed by atoms with Crippen molar-refractivity contribution < 1.29 is 32.3 Å². The number of alkyl halides is 3. The molecule has 2 fully saturated rings. The molecule has 0 radical (unpaired) electrons. The summed E-state index contributed by atoms with van der Waals surface area (Å²) in [7, 11) is 0. The summed E-state index contributed by atoms with van der Waals surface area (Å²) in [4.78, 5) is 53.1. The van der Waals surface area contributed by atoms with Crippen LogP contribution in [0, 0.1) is 0 Å². The zero-order valence-electron chi connectivity index (χ0n) is 20.8. The lowest BCUT2D eigenvalue weighted by Gasteiger charge is -2.37. The number of rotatable bonds is 7. The van der Waals surface area contributed by atoms with Crippen LogP contribution in [0.1, 0.15) is 54.1 Å². The van der Waals surface area contributed by atoms with E-state index in [2.05, 4.69) is 10.6 Å². The van der Waals surface area contributed by atoms with E-state index in [-0.39, 0.29) is 46.8 Å². The summed E-state index contributed by atoms with van der Waals surface area (Å²) in [5, 5.41) is 16.3. The first-order chi connectivity index (χ1) is 18.5. The van der Waals surface area contributed by atoms with E-state index in [4.69, 9.17) is 4.42 Å². The minimum atomic E-state index is -4.67. The SMILES string of the molecule is CCC(Nc1c(Nc2cccc(C(=O)N3CCN4C(=O)CCC4C3)c2O)c(=O)c1=O)c1ccc(C(F)(F)F)o1. The first-order valence-corrected chi connectivity index (χ1v) is 12.4. The smallest absolute Gasteiger partial charge is 0.449 e. The van der Waals surface area contributed by atoms with E-state index in [0.717, 1.165) is 12.1 Å². The molecule has 3 aromatic rings. The molecule has 2 unspecified atom stereocenters. The Kier molecular flexibility index (Phi) is 6.60. The highest BCUT2D eigenvalue weighted by atomic mass is 19.4. The van der Waals surface area contributed by atoms with Gasteiger partial charge in [0.15, 0.2) is 5.75 Å². The Morgan fingerprint density at radius 2 is 1.87 bits per heavy atom. The molecular weight excluding hydrogens is 521 g/mol. The van der Waals surface area contributed by atoms with Gasteiger partial charge in [0.05, 0.1) is 17.3 Å². The van der Waals surface area contributed by atoms with Gasteiger partial charge in [-0.25, -0.2) is 0 Å². The molecule has 3 N–H and O–H groups in total. The normalized spacial score (nSPS) is 18.4. The van der Waals surface area contributed by atoms with Crippen LogP contribution < -0.4 is 21.5 Å². The maximum atomic E-state index is 13.2. The van der Waals surface area contributed by atoms with Crippen LogP contribution in [0.15, 0.2) is 44.3 Å². The first-order valence-electron chi connectivity index (χ1n) is 12.4. The lowest BCUT2D eigenvalue weighted by atomic mass is 10.1. The van der Waals surface area contributed by atoms with Crippen LogP contribution in [0.25, 0.3) is 0 Å². The maximum absolute atomic E-state index is 13.2. The molecule has 2 aliphatic heterocycles. The van der Waals surface area contributed by atoms with Gasteiger partial charge in [0.2, 0.25) is 11.7 Å². The fraction of sp³-hybridized carbons (Fsp3) is 0.385. The number of anilines is 3. The monoisotopic (exact) mass is 546 g/mol. The number of furan rings is 1. The number of nitrogens with one attached hydrogen (secondary N) is 2. The third-order valence-corrected chi connectivity index (χ3v) is 7.19. The van der Waals surface area contributed by atoms with Gasteiger partial charge in [-0.2, -0.15) is 13.2 Å². The van der Waals surface area contributed by atoms with Crippen molar-refractivity contribution in [1.29, 1.82) is 0 Å². The van der Waals surface area contributed by atoms with E-state index in [1.807, 2.05) is 0 Å². The second-order valence-corrected chi connectivity index (χ2v) is 9.57. The van der Waals surface area contributed by atoms with Gasteiger partial charge in [-0.05, 0) is 37.1 Å². The van der Waals surface area contributed by atoms with E-state index in [9.17, 15) is 37.5 Å². The van der Waals surface area contributed by atoms with Gasteiger partial charge >= 0.3 is 6.18 Å². The average molecular weight is 547 g/mol. The molecule has 13 heteroatoms. The average Bonchev–Trinajstić information content (AvgIpc) is 3.56. The lowest BCUT2D eigenvalue weighted by Crippen LogP contribution is -2.53. The van der Waals surface area contributed by atoms with Crippen LogP contribution in [-0.2, 0) is 11.0 Å². The Balaban J connectivity index is 1.34. The number of phenolic OH excluding ortho intramolecular Hbond substituents is 1. The zero-order valence-corrected chi connectivity index (χ0v) is 20.8. The molecule has 0 bridgehead atoms. The Morgan fingerprint density at radius 3 is 2.56 bits per heavy atom. The zero-order chi connectivity index (χ0) is 28.1. The van der Waals surface area contributed by atoms with Gasteiger partial charge < -0.3 is 30.0 Å². The standard InChI is InChI=1S/C26H25F3N4O6/c1-2-15(17-7-8-18(39-17)26(27,28)29)30-20-21(24(37)23(20)36)31-16-5-3-4-14(22(16)35)25(38)32-10-11-33-13(12-32)6-9-19(33)34/h3-5,7-8,13,15,30-31,35H,2,6,9-12H2,1H3. The van der Waals surface area contributed by atoms with E-state index in [1.54, 1.807) is 16.7 Å². The fourth-order valence-corrected chi connectivity index (χ4v) is 5.06. The number of phenols is 1. The predicted molar refractivity (Wildman–Crippen MR) is 134 cm³/mol. The molecule has 10 nitrogen and oxygen atoms in total. The number of carbonyl (C=O) groups excluding carboxylic acids is 2. The van der Waals surface area contributed by atoms with Crippen molar-refractivity contribution in [3.63, 3.8) is 0 Å². The number of carbonyl (C=O) groups is 2. The van der Waals surface area contributed by atoms with E-state index < -0.39 is 40.5 Å². The highest BCUT2D eigenvalue weighted by molar-refractivity contribution is 5.99. The summed E-state index contributed by atoms with van der Waals surface area (Å²) in [6.07, 6.45) is -3.34.